The lowest BCUT2D eigenvalue weighted by atomic mass is 10.0. The Balaban J connectivity index is 0.000000267. The first-order chi connectivity index (χ1) is 22.2. The van der Waals surface area contributed by atoms with Gasteiger partial charge in [-0.15, -0.1) is 0 Å². The number of aromatic carboxylic acids is 1. The Morgan fingerprint density at radius 2 is 1.38 bits per heavy atom. The molecule has 0 bridgehead atoms. The Labute approximate surface area is 268 Å². The van der Waals surface area contributed by atoms with Gasteiger partial charge >= 0.3 is 17.9 Å². The van der Waals surface area contributed by atoms with E-state index in [0.29, 0.717) is 23.3 Å². The van der Waals surface area contributed by atoms with Gasteiger partial charge in [-0.2, -0.15) is 0 Å². The van der Waals surface area contributed by atoms with Gasteiger partial charge in [0.15, 0.2) is 6.29 Å². The third-order valence-corrected chi connectivity index (χ3v) is 6.67. The number of hydrogen-bond donors (Lipinski definition) is 5. The van der Waals surface area contributed by atoms with Crippen molar-refractivity contribution in [2.45, 2.75) is 27.7 Å². The standard InChI is InChI=1S/C19H18O8.C15H13NO4/c1-8-5-13(26-4)11(7-20)17(22)14(8)19(25)27-12-6-9(2)16(21)15(10(12)3)18(23)24;1-10(17)16-11-6-8-12(9-7-11)20-15(19)13-4-2-3-5-14(13)18/h5-7,21-22H,1-4H3,(H,23,24);2-9,18H,1H3,(H,16,17). The molecule has 0 aliphatic heterocycles. The molecule has 13 heteroatoms. The number of aromatic hydroxyl groups is 3. The summed E-state index contributed by atoms with van der Waals surface area (Å²) in [5.41, 5.74) is 0.400. The minimum Gasteiger partial charge on any atom is -0.507 e. The van der Waals surface area contributed by atoms with Crippen molar-refractivity contribution in [2.75, 3.05) is 12.4 Å². The van der Waals surface area contributed by atoms with Crippen molar-refractivity contribution in [3.05, 3.63) is 99.6 Å². The van der Waals surface area contributed by atoms with Crippen molar-refractivity contribution < 1.29 is 58.6 Å². The first kappa shape index (κ1) is 35.1. The van der Waals surface area contributed by atoms with Crippen molar-refractivity contribution in [1.82, 2.24) is 0 Å². The third-order valence-electron chi connectivity index (χ3n) is 6.67. The van der Waals surface area contributed by atoms with Crippen molar-refractivity contribution in [3.63, 3.8) is 0 Å². The zero-order valence-electron chi connectivity index (χ0n) is 25.9. The van der Waals surface area contributed by atoms with Gasteiger partial charge in [-0.25, -0.2) is 14.4 Å². The van der Waals surface area contributed by atoms with Crippen LogP contribution in [0.25, 0.3) is 0 Å². The Kier molecular flexibility index (Phi) is 11.3. The number of para-hydroxylation sites is 1. The summed E-state index contributed by atoms with van der Waals surface area (Å²) in [5.74, 6) is -4.00. The van der Waals surface area contributed by atoms with E-state index < -0.39 is 29.4 Å². The number of carbonyl (C=O) groups excluding carboxylic acids is 4. The van der Waals surface area contributed by atoms with Gasteiger partial charge in [0.1, 0.15) is 51.2 Å². The number of nitrogens with one attached hydrogen (secondary N) is 1. The first-order valence-corrected chi connectivity index (χ1v) is 13.7. The van der Waals surface area contributed by atoms with Crippen molar-refractivity contribution >= 4 is 35.8 Å². The van der Waals surface area contributed by atoms with E-state index in [-0.39, 0.29) is 56.5 Å². The van der Waals surface area contributed by atoms with E-state index in [1.807, 2.05) is 0 Å². The molecule has 0 radical (unpaired) electrons. The molecule has 244 valence electrons. The number of benzene rings is 4. The fourth-order valence-corrected chi connectivity index (χ4v) is 4.33. The molecule has 4 rings (SSSR count). The van der Waals surface area contributed by atoms with Gasteiger partial charge in [0.2, 0.25) is 5.91 Å². The molecule has 13 nitrogen and oxygen atoms in total. The van der Waals surface area contributed by atoms with E-state index in [2.05, 4.69) is 5.32 Å². The summed E-state index contributed by atoms with van der Waals surface area (Å²) in [4.78, 5) is 57.9. The number of ether oxygens (including phenoxy) is 3. The number of carboxylic acids is 1. The predicted molar refractivity (Wildman–Crippen MR) is 168 cm³/mol. The second-order valence-electron chi connectivity index (χ2n) is 10.00. The molecule has 0 aromatic heterocycles. The maximum absolute atomic E-state index is 12.6. The lowest BCUT2D eigenvalue weighted by molar-refractivity contribution is -0.114. The number of carboxylic acid groups (broad SMARTS) is 1. The summed E-state index contributed by atoms with van der Waals surface area (Å²) >= 11 is 0. The van der Waals surface area contributed by atoms with Crippen molar-refractivity contribution in [1.29, 1.82) is 0 Å². The third kappa shape index (κ3) is 8.22. The number of anilines is 1. The topological polar surface area (TPSA) is 206 Å². The Bertz CT molecular complexity index is 1860. The van der Waals surface area contributed by atoms with E-state index in [1.165, 1.54) is 59.1 Å². The zero-order valence-corrected chi connectivity index (χ0v) is 25.9. The largest absolute Gasteiger partial charge is 0.507 e. The smallest absolute Gasteiger partial charge is 0.347 e. The number of esters is 2. The molecule has 4 aromatic rings. The quantitative estimate of drug-likeness (QED) is 0.0936. The van der Waals surface area contributed by atoms with Crippen LogP contribution in [0.5, 0.6) is 34.5 Å². The monoisotopic (exact) mass is 645 g/mol. The lowest BCUT2D eigenvalue weighted by Crippen LogP contribution is -2.14. The number of rotatable bonds is 8. The van der Waals surface area contributed by atoms with Gasteiger partial charge in [-0.3, -0.25) is 9.59 Å². The molecular formula is C34H31NO12. The van der Waals surface area contributed by atoms with Crippen LogP contribution in [0.15, 0.2) is 60.7 Å². The highest BCUT2D eigenvalue weighted by molar-refractivity contribution is 6.01. The number of aryl methyl sites for hydroxylation is 2. The van der Waals surface area contributed by atoms with E-state index >= 15 is 0 Å². The molecule has 0 aliphatic rings. The average Bonchev–Trinajstić information content (AvgIpc) is 3.00. The molecule has 4 aromatic carbocycles. The second-order valence-corrected chi connectivity index (χ2v) is 10.00. The summed E-state index contributed by atoms with van der Waals surface area (Å²) in [5, 5.41) is 41.6. The van der Waals surface area contributed by atoms with Crippen LogP contribution in [-0.2, 0) is 4.79 Å². The Hall–Kier alpha value is -6.37. The molecule has 0 atom stereocenters. The summed E-state index contributed by atoms with van der Waals surface area (Å²) in [6, 6.07) is 15.2. The van der Waals surface area contributed by atoms with Crippen LogP contribution in [0, 0.1) is 20.8 Å². The van der Waals surface area contributed by atoms with Gasteiger partial charge in [0.05, 0.1) is 12.7 Å². The molecule has 0 saturated carbocycles. The number of amides is 1. The molecule has 0 aliphatic carbocycles. The fraction of sp³-hybridized carbons (Fsp3) is 0.147. The number of phenols is 3. The number of aldehydes is 1. The summed E-state index contributed by atoms with van der Waals surface area (Å²) in [7, 11) is 1.31. The maximum Gasteiger partial charge on any atom is 0.347 e. The van der Waals surface area contributed by atoms with Crippen LogP contribution in [0.2, 0.25) is 0 Å². The van der Waals surface area contributed by atoms with Gasteiger partial charge < -0.3 is 40.0 Å². The van der Waals surface area contributed by atoms with Crippen LogP contribution in [0.3, 0.4) is 0 Å². The molecular weight excluding hydrogens is 614 g/mol. The summed E-state index contributed by atoms with van der Waals surface area (Å²) in [6.07, 6.45) is 0.350. The fourth-order valence-electron chi connectivity index (χ4n) is 4.33. The molecule has 47 heavy (non-hydrogen) atoms. The summed E-state index contributed by atoms with van der Waals surface area (Å²) in [6.45, 7) is 5.76. The van der Waals surface area contributed by atoms with Crippen LogP contribution < -0.4 is 19.5 Å². The average molecular weight is 646 g/mol. The van der Waals surface area contributed by atoms with Crippen LogP contribution in [-0.4, -0.2) is 57.6 Å². The highest BCUT2D eigenvalue weighted by atomic mass is 16.5. The first-order valence-electron chi connectivity index (χ1n) is 13.7. The number of phenolic OH excluding ortho intramolecular Hbond substituents is 2. The minimum atomic E-state index is -1.38. The number of methoxy groups -OCH3 is 1. The van der Waals surface area contributed by atoms with Gasteiger partial charge in [0, 0.05) is 18.2 Å². The normalized spacial score (nSPS) is 10.1. The SMILES string of the molecule is CC(=O)Nc1ccc(OC(=O)c2ccccc2O)cc1.COc1cc(C)c(C(=O)Oc2cc(C)c(O)c(C(=O)O)c2C)c(O)c1C=O. The molecule has 0 spiro atoms. The minimum absolute atomic E-state index is 0.0419. The molecule has 1 amide bonds. The highest BCUT2D eigenvalue weighted by Gasteiger charge is 2.26. The van der Waals surface area contributed by atoms with Crippen LogP contribution >= 0.6 is 0 Å². The molecule has 5 N–H and O–H groups in total. The van der Waals surface area contributed by atoms with Crippen molar-refractivity contribution in [2.24, 2.45) is 0 Å². The Morgan fingerprint density at radius 3 is 1.94 bits per heavy atom. The Morgan fingerprint density at radius 1 is 0.766 bits per heavy atom. The summed E-state index contributed by atoms with van der Waals surface area (Å²) < 4.78 is 15.4. The van der Waals surface area contributed by atoms with E-state index in [4.69, 9.17) is 14.2 Å². The highest BCUT2D eigenvalue weighted by Crippen LogP contribution is 2.36. The number of carbonyl (C=O) groups is 5. The van der Waals surface area contributed by atoms with E-state index in [9.17, 15) is 44.4 Å². The predicted octanol–water partition coefficient (Wildman–Crippen LogP) is 5.33. The zero-order chi connectivity index (χ0) is 35.0. The lowest BCUT2D eigenvalue weighted by Gasteiger charge is -2.16. The second kappa shape index (κ2) is 15.1. The molecule has 0 unspecified atom stereocenters. The molecule has 0 heterocycles. The van der Waals surface area contributed by atoms with Gasteiger partial charge in [-0.05, 0) is 80.4 Å². The maximum atomic E-state index is 12.6. The molecule has 0 fully saturated rings. The number of hydrogen-bond acceptors (Lipinski definition) is 11. The van der Waals surface area contributed by atoms with Gasteiger partial charge in [0.25, 0.3) is 0 Å². The van der Waals surface area contributed by atoms with Crippen LogP contribution in [0.4, 0.5) is 5.69 Å². The van der Waals surface area contributed by atoms with Crippen LogP contribution in [0.1, 0.15) is 65.0 Å². The molecule has 0 saturated heterocycles. The van der Waals surface area contributed by atoms with E-state index in [1.54, 1.807) is 36.4 Å². The van der Waals surface area contributed by atoms with Gasteiger partial charge in [-0.1, -0.05) is 12.1 Å². The van der Waals surface area contributed by atoms with E-state index in [0.717, 1.165) is 0 Å². The van der Waals surface area contributed by atoms with Crippen molar-refractivity contribution in [3.8, 4) is 34.5 Å².